The highest BCUT2D eigenvalue weighted by Gasteiger charge is 2.34. The van der Waals surface area contributed by atoms with Crippen molar-refractivity contribution in [3.8, 4) is 0 Å². The van der Waals surface area contributed by atoms with Crippen LogP contribution < -0.4 is 11.2 Å². The molecule has 7 heteroatoms. The quantitative estimate of drug-likeness (QED) is 0.862. The molecule has 1 aliphatic carbocycles. The molecular weight excluding hydrogens is 261 g/mol. The number of halogens is 3. The molecule has 1 saturated carbocycles. The van der Waals surface area contributed by atoms with Crippen molar-refractivity contribution in [3.63, 3.8) is 0 Å². The van der Waals surface area contributed by atoms with E-state index in [1.165, 1.54) is 12.1 Å². The highest BCUT2D eigenvalue weighted by molar-refractivity contribution is 5.81. The molecule has 0 aliphatic heterocycles. The van der Waals surface area contributed by atoms with E-state index >= 15 is 0 Å². The van der Waals surface area contributed by atoms with Gasteiger partial charge in [-0.25, -0.2) is 4.79 Å². The molecule has 0 amide bonds. The third-order valence-electron chi connectivity index (χ3n) is 3.18. The lowest BCUT2D eigenvalue weighted by Crippen LogP contribution is -2.34. The van der Waals surface area contributed by atoms with Crippen molar-refractivity contribution in [2.24, 2.45) is 0 Å². The van der Waals surface area contributed by atoms with Gasteiger partial charge in [-0.15, -0.1) is 0 Å². The van der Waals surface area contributed by atoms with Crippen LogP contribution in [-0.4, -0.2) is 9.55 Å². The first-order valence-electron chi connectivity index (χ1n) is 5.74. The van der Waals surface area contributed by atoms with Crippen molar-refractivity contribution in [3.05, 3.63) is 44.6 Å². The highest BCUT2D eigenvalue weighted by atomic mass is 19.4. The maximum atomic E-state index is 12.8. The van der Waals surface area contributed by atoms with E-state index < -0.39 is 28.5 Å². The summed E-state index contributed by atoms with van der Waals surface area (Å²) in [7, 11) is 0. The van der Waals surface area contributed by atoms with Gasteiger partial charge >= 0.3 is 11.9 Å². The average Bonchev–Trinajstić information content (AvgIpc) is 3.11. The van der Waals surface area contributed by atoms with Crippen molar-refractivity contribution in [1.82, 2.24) is 9.55 Å². The summed E-state index contributed by atoms with van der Waals surface area (Å²) < 4.78 is 39.5. The van der Waals surface area contributed by atoms with E-state index in [0.29, 0.717) is 12.8 Å². The minimum absolute atomic E-state index is 0.110. The monoisotopic (exact) mass is 270 g/mol. The number of benzene rings is 1. The third kappa shape index (κ3) is 1.85. The lowest BCUT2D eigenvalue weighted by atomic mass is 10.1. The van der Waals surface area contributed by atoms with Gasteiger partial charge < -0.3 is 4.98 Å². The van der Waals surface area contributed by atoms with Crippen molar-refractivity contribution in [1.29, 1.82) is 0 Å². The molecule has 1 aromatic heterocycles. The van der Waals surface area contributed by atoms with Gasteiger partial charge in [0.2, 0.25) is 0 Å². The average molecular weight is 270 g/mol. The summed E-state index contributed by atoms with van der Waals surface area (Å²) >= 11 is 0. The Bertz CT molecular complexity index is 769. The van der Waals surface area contributed by atoms with Crippen LogP contribution in [-0.2, 0) is 6.18 Å². The molecule has 1 N–H and O–H groups in total. The Morgan fingerprint density at radius 3 is 2.47 bits per heavy atom. The smallest absolute Gasteiger partial charge is 0.306 e. The van der Waals surface area contributed by atoms with E-state index in [2.05, 4.69) is 4.98 Å². The Hall–Kier alpha value is -2.05. The fourth-order valence-electron chi connectivity index (χ4n) is 2.15. The Balaban J connectivity index is 2.42. The van der Waals surface area contributed by atoms with Crippen LogP contribution in [0.5, 0.6) is 0 Å². The first-order valence-corrected chi connectivity index (χ1v) is 5.74. The zero-order valence-electron chi connectivity index (χ0n) is 9.62. The standard InChI is InChI=1S/C12H9F3N2O2/c13-12(14,15)8-3-1-2-7-9(8)16-11(19)17(10(7)18)6-4-5-6/h1-3,6H,4-5H2,(H,16,19). The van der Waals surface area contributed by atoms with Crippen molar-refractivity contribution in [2.75, 3.05) is 0 Å². The van der Waals surface area contributed by atoms with E-state index in [1.807, 2.05) is 0 Å². The summed E-state index contributed by atoms with van der Waals surface area (Å²) in [5, 5.41) is -0.110. The van der Waals surface area contributed by atoms with Gasteiger partial charge in [0.25, 0.3) is 5.56 Å². The number of nitrogens with one attached hydrogen (secondary N) is 1. The van der Waals surface area contributed by atoms with Gasteiger partial charge in [-0.05, 0) is 25.0 Å². The number of para-hydroxylation sites is 1. The Morgan fingerprint density at radius 2 is 1.89 bits per heavy atom. The fourth-order valence-corrected chi connectivity index (χ4v) is 2.15. The summed E-state index contributed by atoms with van der Waals surface area (Å²) in [5.74, 6) is 0. The summed E-state index contributed by atoms with van der Waals surface area (Å²) in [4.78, 5) is 26.0. The minimum atomic E-state index is -4.61. The number of nitrogens with zero attached hydrogens (tertiary/aromatic N) is 1. The van der Waals surface area contributed by atoms with Crippen LogP contribution in [0.2, 0.25) is 0 Å². The van der Waals surface area contributed by atoms with Gasteiger partial charge in [-0.3, -0.25) is 9.36 Å². The third-order valence-corrected chi connectivity index (χ3v) is 3.18. The Morgan fingerprint density at radius 1 is 1.21 bits per heavy atom. The van der Waals surface area contributed by atoms with Crippen LogP contribution in [0.3, 0.4) is 0 Å². The van der Waals surface area contributed by atoms with Gasteiger partial charge in [0.15, 0.2) is 0 Å². The SMILES string of the molecule is O=c1[nH]c2c(C(F)(F)F)cccc2c(=O)n1C1CC1. The molecule has 4 nitrogen and oxygen atoms in total. The zero-order valence-corrected chi connectivity index (χ0v) is 9.62. The first kappa shape index (κ1) is 12.0. The van der Waals surface area contributed by atoms with E-state index in [1.54, 1.807) is 0 Å². The maximum Gasteiger partial charge on any atom is 0.418 e. The maximum absolute atomic E-state index is 12.8. The van der Waals surface area contributed by atoms with Crippen LogP contribution in [0, 0.1) is 0 Å². The highest BCUT2D eigenvalue weighted by Crippen LogP contribution is 2.34. The second kappa shape index (κ2) is 3.72. The van der Waals surface area contributed by atoms with Crippen molar-refractivity contribution < 1.29 is 13.2 Å². The van der Waals surface area contributed by atoms with E-state index in [0.717, 1.165) is 10.6 Å². The zero-order chi connectivity index (χ0) is 13.8. The van der Waals surface area contributed by atoms with Gasteiger partial charge in [0, 0.05) is 6.04 Å². The number of H-pyrrole nitrogens is 1. The molecule has 0 bridgehead atoms. The number of aromatic amines is 1. The number of hydrogen-bond donors (Lipinski definition) is 1. The molecule has 1 aromatic carbocycles. The predicted octanol–water partition coefficient (Wildman–Crippen LogP) is 2.04. The molecule has 1 aliphatic rings. The van der Waals surface area contributed by atoms with Gasteiger partial charge in [-0.1, -0.05) is 6.07 Å². The molecule has 3 rings (SSSR count). The number of rotatable bonds is 1. The molecule has 2 aromatic rings. The molecule has 1 fully saturated rings. The van der Waals surface area contributed by atoms with Gasteiger partial charge in [0.1, 0.15) is 0 Å². The van der Waals surface area contributed by atoms with E-state index in [9.17, 15) is 22.8 Å². The molecule has 1 heterocycles. The molecule has 0 atom stereocenters. The fraction of sp³-hybridized carbons (Fsp3) is 0.333. The number of hydrogen-bond acceptors (Lipinski definition) is 2. The minimum Gasteiger partial charge on any atom is -0.306 e. The van der Waals surface area contributed by atoms with Crippen molar-refractivity contribution in [2.45, 2.75) is 25.1 Å². The van der Waals surface area contributed by atoms with E-state index in [-0.39, 0.29) is 11.4 Å². The molecule has 100 valence electrons. The topological polar surface area (TPSA) is 54.9 Å². The van der Waals surface area contributed by atoms with Crippen LogP contribution in [0.15, 0.2) is 27.8 Å². The molecule has 0 radical (unpaired) electrons. The molecule has 19 heavy (non-hydrogen) atoms. The number of aromatic nitrogens is 2. The summed E-state index contributed by atoms with van der Waals surface area (Å²) in [6.07, 6.45) is -3.21. The summed E-state index contributed by atoms with van der Waals surface area (Å²) in [5.41, 5.74) is -2.88. The van der Waals surface area contributed by atoms with Crippen LogP contribution in [0.25, 0.3) is 10.9 Å². The Kier molecular flexibility index (Phi) is 2.35. The number of fused-ring (bicyclic) bond motifs is 1. The first-order chi connectivity index (χ1) is 8.89. The van der Waals surface area contributed by atoms with Crippen LogP contribution in [0.4, 0.5) is 13.2 Å². The molecule has 0 spiro atoms. The molecule has 0 saturated heterocycles. The summed E-state index contributed by atoms with van der Waals surface area (Å²) in [6.45, 7) is 0. The molecular formula is C12H9F3N2O2. The van der Waals surface area contributed by atoms with E-state index in [4.69, 9.17) is 0 Å². The number of alkyl halides is 3. The normalized spacial score (nSPS) is 15.9. The van der Waals surface area contributed by atoms with Gasteiger partial charge in [-0.2, -0.15) is 13.2 Å². The Labute approximate surface area is 104 Å². The van der Waals surface area contributed by atoms with Crippen LogP contribution in [0.1, 0.15) is 24.4 Å². The molecule has 0 unspecified atom stereocenters. The lowest BCUT2D eigenvalue weighted by Gasteiger charge is -2.11. The predicted molar refractivity (Wildman–Crippen MR) is 62.1 cm³/mol. The van der Waals surface area contributed by atoms with Crippen molar-refractivity contribution >= 4 is 10.9 Å². The van der Waals surface area contributed by atoms with Crippen LogP contribution >= 0.6 is 0 Å². The second-order valence-electron chi connectivity index (χ2n) is 4.56. The summed E-state index contributed by atoms with van der Waals surface area (Å²) in [6, 6.07) is 3.12. The largest absolute Gasteiger partial charge is 0.418 e. The van der Waals surface area contributed by atoms with Gasteiger partial charge in [0.05, 0.1) is 16.5 Å². The lowest BCUT2D eigenvalue weighted by molar-refractivity contribution is -0.136. The second-order valence-corrected chi connectivity index (χ2v) is 4.56.